The molecule has 0 unspecified atom stereocenters. The Morgan fingerprint density at radius 1 is 1.31 bits per heavy atom. The number of nitrogens with one attached hydrogen (secondary N) is 2. The van der Waals surface area contributed by atoms with Crippen molar-refractivity contribution in [3.05, 3.63) is 29.3 Å². The first kappa shape index (κ1) is 11.4. The smallest absolute Gasteiger partial charge is 0.279 e. The molecule has 4 heteroatoms. The van der Waals surface area contributed by atoms with E-state index in [1.54, 1.807) is 6.07 Å². The molecule has 1 aromatic carbocycles. The van der Waals surface area contributed by atoms with Crippen molar-refractivity contribution < 1.29 is 9.69 Å². The first-order chi connectivity index (χ1) is 7.75. The molecule has 3 nitrogen and oxygen atoms in total. The predicted molar refractivity (Wildman–Crippen MR) is 64.9 cm³/mol. The topological polar surface area (TPSA) is 33.5 Å². The number of hydrogen-bond donors (Lipinski definition) is 2. The Hall–Kier alpha value is -1.06. The van der Waals surface area contributed by atoms with Gasteiger partial charge in [0.1, 0.15) is 0 Å². The molecule has 2 rings (SSSR count). The summed E-state index contributed by atoms with van der Waals surface area (Å²) in [6.45, 7) is 2.76. The second-order valence-electron chi connectivity index (χ2n) is 4.16. The Balaban J connectivity index is 1.89. The van der Waals surface area contributed by atoms with Crippen LogP contribution in [0.4, 0.5) is 5.69 Å². The molecule has 1 aliphatic rings. The zero-order valence-corrected chi connectivity index (χ0v) is 9.89. The molecule has 1 heterocycles. The molecule has 0 saturated carbocycles. The number of benzene rings is 1. The van der Waals surface area contributed by atoms with Crippen molar-refractivity contribution in [1.29, 1.82) is 0 Å². The Bertz CT molecular complexity index is 375. The summed E-state index contributed by atoms with van der Waals surface area (Å²) in [4.78, 5) is 13.1. The van der Waals surface area contributed by atoms with Gasteiger partial charge in [0.25, 0.3) is 5.91 Å². The van der Waals surface area contributed by atoms with E-state index in [4.69, 9.17) is 11.6 Å². The number of anilines is 1. The first-order valence-corrected chi connectivity index (χ1v) is 6.01. The third-order valence-corrected chi connectivity index (χ3v) is 3.20. The largest absolute Gasteiger partial charge is 0.327 e. The van der Waals surface area contributed by atoms with Gasteiger partial charge in [-0.3, -0.25) is 4.79 Å². The lowest BCUT2D eigenvalue weighted by Crippen LogP contribution is -3.11. The quantitative estimate of drug-likeness (QED) is 0.810. The average molecular weight is 240 g/mol. The summed E-state index contributed by atoms with van der Waals surface area (Å²) in [5.41, 5.74) is 0.702. The first-order valence-electron chi connectivity index (χ1n) is 5.63. The lowest BCUT2D eigenvalue weighted by atomic mass is 10.3. The standard InChI is InChI=1S/C12H15ClN2O/c13-10-5-1-2-6-11(10)14-12(16)9-15-7-3-4-8-15/h1-2,5-6H,3-4,7-9H2,(H,14,16)/p+1. The molecule has 1 saturated heterocycles. The molecular formula is C12H16ClN2O+. The summed E-state index contributed by atoms with van der Waals surface area (Å²) < 4.78 is 0. The minimum Gasteiger partial charge on any atom is -0.327 e. The number of carbonyl (C=O) groups excluding carboxylic acids is 1. The van der Waals surface area contributed by atoms with Crippen LogP contribution in [0.5, 0.6) is 0 Å². The van der Waals surface area contributed by atoms with Crippen molar-refractivity contribution in [3.8, 4) is 0 Å². The van der Waals surface area contributed by atoms with Crippen LogP contribution in [0.3, 0.4) is 0 Å². The average Bonchev–Trinajstić information content (AvgIpc) is 2.74. The highest BCUT2D eigenvalue weighted by molar-refractivity contribution is 6.33. The van der Waals surface area contributed by atoms with Gasteiger partial charge in [-0.05, 0) is 12.1 Å². The van der Waals surface area contributed by atoms with E-state index in [0.29, 0.717) is 17.3 Å². The van der Waals surface area contributed by atoms with Gasteiger partial charge in [-0.2, -0.15) is 0 Å². The van der Waals surface area contributed by atoms with Gasteiger partial charge in [-0.1, -0.05) is 23.7 Å². The van der Waals surface area contributed by atoms with E-state index in [-0.39, 0.29) is 5.91 Å². The molecule has 1 amide bonds. The third kappa shape index (κ3) is 2.97. The number of halogens is 1. The predicted octanol–water partition coefficient (Wildman–Crippen LogP) is 0.957. The van der Waals surface area contributed by atoms with Gasteiger partial charge in [0, 0.05) is 12.8 Å². The van der Waals surface area contributed by atoms with E-state index in [0.717, 1.165) is 13.1 Å². The molecule has 0 atom stereocenters. The number of carbonyl (C=O) groups is 1. The molecule has 0 bridgehead atoms. The van der Waals surface area contributed by atoms with E-state index in [1.807, 2.05) is 18.2 Å². The third-order valence-electron chi connectivity index (χ3n) is 2.87. The summed E-state index contributed by atoms with van der Waals surface area (Å²) in [6, 6.07) is 7.31. The molecule has 1 aromatic rings. The van der Waals surface area contributed by atoms with Crippen molar-refractivity contribution in [2.75, 3.05) is 25.0 Å². The highest BCUT2D eigenvalue weighted by Gasteiger charge is 2.18. The molecule has 1 aliphatic heterocycles. The lowest BCUT2D eigenvalue weighted by molar-refractivity contribution is -0.878. The van der Waals surface area contributed by atoms with Crippen LogP contribution in [0.25, 0.3) is 0 Å². The SMILES string of the molecule is O=C(C[NH+]1CCCC1)Nc1ccccc1Cl. The van der Waals surface area contributed by atoms with Gasteiger partial charge < -0.3 is 10.2 Å². The zero-order chi connectivity index (χ0) is 11.4. The molecule has 16 heavy (non-hydrogen) atoms. The summed E-state index contributed by atoms with van der Waals surface area (Å²) in [6.07, 6.45) is 2.46. The zero-order valence-electron chi connectivity index (χ0n) is 9.13. The van der Waals surface area contributed by atoms with Crippen LogP contribution < -0.4 is 10.2 Å². The van der Waals surface area contributed by atoms with Gasteiger partial charge in [0.2, 0.25) is 0 Å². The van der Waals surface area contributed by atoms with E-state index in [9.17, 15) is 4.79 Å². The molecular weight excluding hydrogens is 224 g/mol. The number of quaternary nitrogens is 1. The Morgan fingerprint density at radius 3 is 2.69 bits per heavy atom. The van der Waals surface area contributed by atoms with Gasteiger partial charge in [0.15, 0.2) is 6.54 Å². The van der Waals surface area contributed by atoms with E-state index in [2.05, 4.69) is 5.32 Å². The number of amides is 1. The molecule has 86 valence electrons. The maximum atomic E-state index is 11.7. The van der Waals surface area contributed by atoms with E-state index in [1.165, 1.54) is 17.7 Å². The summed E-state index contributed by atoms with van der Waals surface area (Å²) in [7, 11) is 0. The Kier molecular flexibility index (Phi) is 3.80. The molecule has 2 N–H and O–H groups in total. The van der Waals surface area contributed by atoms with Crippen molar-refractivity contribution in [2.24, 2.45) is 0 Å². The fraction of sp³-hybridized carbons (Fsp3) is 0.417. The van der Waals surface area contributed by atoms with Crippen LogP contribution >= 0.6 is 11.6 Å². The van der Waals surface area contributed by atoms with E-state index < -0.39 is 0 Å². The van der Waals surface area contributed by atoms with Crippen molar-refractivity contribution in [1.82, 2.24) is 0 Å². The molecule has 0 aliphatic carbocycles. The minimum absolute atomic E-state index is 0.0463. The normalized spacial score (nSPS) is 16.3. The summed E-state index contributed by atoms with van der Waals surface area (Å²) in [5, 5.41) is 3.44. The molecule has 0 radical (unpaired) electrons. The molecule has 0 spiro atoms. The second-order valence-corrected chi connectivity index (χ2v) is 4.57. The summed E-state index contributed by atoms with van der Waals surface area (Å²) in [5.74, 6) is 0.0463. The van der Waals surface area contributed by atoms with Gasteiger partial charge in [-0.25, -0.2) is 0 Å². The van der Waals surface area contributed by atoms with Crippen LogP contribution in [0.15, 0.2) is 24.3 Å². The van der Waals surface area contributed by atoms with Crippen molar-refractivity contribution in [3.63, 3.8) is 0 Å². The fourth-order valence-corrected chi connectivity index (χ4v) is 2.22. The number of rotatable bonds is 3. The van der Waals surface area contributed by atoms with Crippen LogP contribution in [-0.4, -0.2) is 25.5 Å². The number of para-hydroxylation sites is 1. The number of likely N-dealkylation sites (tertiary alicyclic amines) is 1. The van der Waals surface area contributed by atoms with Crippen molar-refractivity contribution >= 4 is 23.2 Å². The second kappa shape index (κ2) is 5.32. The highest BCUT2D eigenvalue weighted by atomic mass is 35.5. The van der Waals surface area contributed by atoms with Gasteiger partial charge in [-0.15, -0.1) is 0 Å². The van der Waals surface area contributed by atoms with Crippen LogP contribution in [0.2, 0.25) is 5.02 Å². The maximum Gasteiger partial charge on any atom is 0.279 e. The Labute approximate surface area is 100 Å². The Morgan fingerprint density at radius 2 is 2.00 bits per heavy atom. The highest BCUT2D eigenvalue weighted by Crippen LogP contribution is 2.19. The summed E-state index contributed by atoms with van der Waals surface area (Å²) >= 11 is 5.96. The van der Waals surface area contributed by atoms with Crippen LogP contribution in [-0.2, 0) is 4.79 Å². The van der Waals surface area contributed by atoms with Crippen molar-refractivity contribution in [2.45, 2.75) is 12.8 Å². The minimum atomic E-state index is 0.0463. The van der Waals surface area contributed by atoms with Gasteiger partial charge in [0.05, 0.1) is 23.8 Å². The number of hydrogen-bond acceptors (Lipinski definition) is 1. The van der Waals surface area contributed by atoms with Crippen LogP contribution in [0, 0.1) is 0 Å². The molecule has 0 aromatic heterocycles. The fourth-order valence-electron chi connectivity index (χ4n) is 2.04. The maximum absolute atomic E-state index is 11.7. The van der Waals surface area contributed by atoms with E-state index >= 15 is 0 Å². The van der Waals surface area contributed by atoms with Crippen LogP contribution in [0.1, 0.15) is 12.8 Å². The molecule has 1 fully saturated rings. The lowest BCUT2D eigenvalue weighted by Gasteiger charge is -2.12. The monoisotopic (exact) mass is 239 g/mol. The van der Waals surface area contributed by atoms with Gasteiger partial charge >= 0.3 is 0 Å².